The highest BCUT2D eigenvalue weighted by atomic mass is 16.5. The average Bonchev–Trinajstić information content (AvgIpc) is 3.10. The predicted molar refractivity (Wildman–Crippen MR) is 109 cm³/mol. The molecule has 4 rings (SSSR count). The van der Waals surface area contributed by atoms with Crippen molar-refractivity contribution in [2.75, 3.05) is 32.1 Å². The van der Waals surface area contributed by atoms with Crippen molar-refractivity contribution in [1.29, 1.82) is 0 Å². The second kappa shape index (κ2) is 8.14. The second-order valence-electron chi connectivity index (χ2n) is 7.58. The molecule has 0 spiro atoms. The first-order valence-electron chi connectivity index (χ1n) is 10.1. The number of methoxy groups -OCH3 is 1. The molecule has 8 nitrogen and oxygen atoms in total. The maximum Gasteiger partial charge on any atom is 0.322 e. The highest BCUT2D eigenvalue weighted by Gasteiger charge is 2.31. The van der Waals surface area contributed by atoms with Gasteiger partial charge in [-0.3, -0.25) is 9.48 Å². The van der Waals surface area contributed by atoms with Crippen LogP contribution in [0.25, 0.3) is 0 Å². The fourth-order valence-corrected chi connectivity index (χ4v) is 4.09. The molecule has 2 aliphatic rings. The Morgan fingerprint density at radius 2 is 1.90 bits per heavy atom. The Labute approximate surface area is 170 Å². The van der Waals surface area contributed by atoms with Gasteiger partial charge in [0.25, 0.3) is 5.91 Å². The molecule has 0 saturated carbocycles. The summed E-state index contributed by atoms with van der Waals surface area (Å²) in [6.45, 7) is 2.53. The Bertz CT molecular complexity index is 917. The van der Waals surface area contributed by atoms with E-state index in [4.69, 9.17) is 4.74 Å². The first-order valence-corrected chi connectivity index (χ1v) is 10.1. The van der Waals surface area contributed by atoms with Gasteiger partial charge in [0.1, 0.15) is 5.75 Å². The summed E-state index contributed by atoms with van der Waals surface area (Å²) in [4.78, 5) is 29.5. The Morgan fingerprint density at radius 1 is 1.10 bits per heavy atom. The van der Waals surface area contributed by atoms with Crippen molar-refractivity contribution in [2.45, 2.75) is 32.2 Å². The van der Waals surface area contributed by atoms with E-state index in [1.54, 1.807) is 22.8 Å². The van der Waals surface area contributed by atoms with Gasteiger partial charge in [-0.25, -0.2) is 4.79 Å². The summed E-state index contributed by atoms with van der Waals surface area (Å²) in [6, 6.07) is 7.08. The van der Waals surface area contributed by atoms with Crippen molar-refractivity contribution in [3.8, 4) is 5.75 Å². The number of urea groups is 1. The third-order valence-electron chi connectivity index (χ3n) is 5.70. The number of hydrogen-bond donors (Lipinski definition) is 1. The molecule has 8 heteroatoms. The Hall–Kier alpha value is -3.03. The molecule has 2 aliphatic heterocycles. The van der Waals surface area contributed by atoms with Crippen molar-refractivity contribution < 1.29 is 14.3 Å². The monoisotopic (exact) mass is 397 g/mol. The number of amides is 3. The fraction of sp³-hybridized carbons (Fsp3) is 0.476. The maximum absolute atomic E-state index is 13.0. The fourth-order valence-electron chi connectivity index (χ4n) is 4.09. The minimum Gasteiger partial charge on any atom is -0.497 e. The molecule has 29 heavy (non-hydrogen) atoms. The van der Waals surface area contributed by atoms with Crippen LogP contribution >= 0.6 is 0 Å². The number of fused-ring (bicyclic) bond motifs is 1. The molecule has 0 bridgehead atoms. The van der Waals surface area contributed by atoms with E-state index in [0.29, 0.717) is 36.6 Å². The molecular weight excluding hydrogens is 370 g/mol. The number of nitrogens with zero attached hydrogens (tertiary/aromatic N) is 4. The highest BCUT2D eigenvalue weighted by Crippen LogP contribution is 2.25. The van der Waals surface area contributed by atoms with Crippen LogP contribution in [0.3, 0.4) is 0 Å². The van der Waals surface area contributed by atoms with Crippen LogP contribution in [0.1, 0.15) is 41.0 Å². The molecule has 1 aromatic heterocycles. The molecule has 1 fully saturated rings. The number of aromatic nitrogens is 2. The highest BCUT2D eigenvalue weighted by molar-refractivity contribution is 5.95. The number of piperidine rings is 1. The molecule has 1 N–H and O–H groups in total. The van der Waals surface area contributed by atoms with E-state index in [1.807, 2.05) is 30.1 Å². The lowest BCUT2D eigenvalue weighted by molar-refractivity contribution is 0.0715. The number of hydrogen-bond acceptors (Lipinski definition) is 4. The van der Waals surface area contributed by atoms with E-state index in [0.717, 1.165) is 37.2 Å². The number of nitrogens with one attached hydrogen (secondary N) is 1. The molecule has 0 radical (unpaired) electrons. The summed E-state index contributed by atoms with van der Waals surface area (Å²) < 4.78 is 7.01. The van der Waals surface area contributed by atoms with Crippen LogP contribution < -0.4 is 10.1 Å². The molecule has 0 atom stereocenters. The van der Waals surface area contributed by atoms with Crippen LogP contribution in [0, 0.1) is 0 Å². The third kappa shape index (κ3) is 3.92. The summed E-state index contributed by atoms with van der Waals surface area (Å²) >= 11 is 0. The molecule has 0 unspecified atom stereocenters. The van der Waals surface area contributed by atoms with Gasteiger partial charge in [0.2, 0.25) is 0 Å². The summed E-state index contributed by atoms with van der Waals surface area (Å²) in [5.74, 6) is 0.669. The van der Waals surface area contributed by atoms with Crippen LogP contribution in [0.15, 0.2) is 24.3 Å². The maximum atomic E-state index is 13.0. The van der Waals surface area contributed by atoms with Crippen molar-refractivity contribution in [3.63, 3.8) is 0 Å². The molecular formula is C21H27N5O3. The number of anilines is 1. The SMILES string of the molecule is COc1cccc(NC(=O)N2CCc3c(c(C(=O)N4CCCCC4)nn3C)C2)c1. The van der Waals surface area contributed by atoms with E-state index in [-0.39, 0.29) is 11.9 Å². The summed E-state index contributed by atoms with van der Waals surface area (Å²) in [5.41, 5.74) is 3.07. The van der Waals surface area contributed by atoms with Gasteiger partial charge in [0.15, 0.2) is 5.69 Å². The second-order valence-corrected chi connectivity index (χ2v) is 7.58. The van der Waals surface area contributed by atoms with Crippen LogP contribution in [-0.4, -0.2) is 58.3 Å². The Kier molecular flexibility index (Phi) is 5.42. The number of benzene rings is 1. The summed E-state index contributed by atoms with van der Waals surface area (Å²) in [5, 5.41) is 7.44. The van der Waals surface area contributed by atoms with Gasteiger partial charge in [-0.1, -0.05) is 6.07 Å². The van der Waals surface area contributed by atoms with Gasteiger partial charge in [-0.2, -0.15) is 5.10 Å². The summed E-state index contributed by atoms with van der Waals surface area (Å²) in [7, 11) is 3.47. The first kappa shape index (κ1) is 19.3. The van der Waals surface area contributed by atoms with Gasteiger partial charge in [-0.05, 0) is 31.4 Å². The van der Waals surface area contributed by atoms with Crippen molar-refractivity contribution in [2.24, 2.45) is 7.05 Å². The van der Waals surface area contributed by atoms with Gasteiger partial charge >= 0.3 is 6.03 Å². The van der Waals surface area contributed by atoms with Crippen LogP contribution in [-0.2, 0) is 20.0 Å². The Morgan fingerprint density at radius 3 is 2.66 bits per heavy atom. The minimum absolute atomic E-state index is 0.0170. The zero-order chi connectivity index (χ0) is 20.4. The molecule has 1 aromatic carbocycles. The van der Waals surface area contributed by atoms with E-state index < -0.39 is 0 Å². The normalized spacial score (nSPS) is 16.3. The van der Waals surface area contributed by atoms with E-state index in [2.05, 4.69) is 10.4 Å². The number of carbonyl (C=O) groups is 2. The van der Waals surface area contributed by atoms with Gasteiger partial charge in [-0.15, -0.1) is 0 Å². The van der Waals surface area contributed by atoms with E-state index >= 15 is 0 Å². The zero-order valence-electron chi connectivity index (χ0n) is 17.0. The zero-order valence-corrected chi connectivity index (χ0v) is 17.0. The predicted octanol–water partition coefficient (Wildman–Crippen LogP) is 2.65. The third-order valence-corrected chi connectivity index (χ3v) is 5.70. The molecule has 3 amide bonds. The lowest BCUT2D eigenvalue weighted by Gasteiger charge is -2.29. The van der Waals surface area contributed by atoms with Gasteiger partial charge in [0, 0.05) is 56.1 Å². The number of ether oxygens (including phenoxy) is 1. The molecule has 2 aromatic rings. The first-order chi connectivity index (χ1) is 14.1. The quantitative estimate of drug-likeness (QED) is 0.864. The molecule has 154 valence electrons. The largest absolute Gasteiger partial charge is 0.497 e. The number of carbonyl (C=O) groups excluding carboxylic acids is 2. The standard InChI is InChI=1S/C21H27N5O3/c1-24-18-9-12-26(21(28)22-15-7-6-8-16(13-15)29-2)14-17(18)19(23-24)20(27)25-10-4-3-5-11-25/h6-8,13H,3-5,9-12,14H2,1-2H3,(H,22,28). The Balaban J connectivity index is 1.51. The number of aryl methyl sites for hydroxylation is 1. The molecule has 1 saturated heterocycles. The topological polar surface area (TPSA) is 79.7 Å². The van der Waals surface area contributed by atoms with Crippen molar-refractivity contribution >= 4 is 17.6 Å². The summed E-state index contributed by atoms with van der Waals surface area (Å²) in [6.07, 6.45) is 3.92. The van der Waals surface area contributed by atoms with Crippen molar-refractivity contribution in [1.82, 2.24) is 19.6 Å². The van der Waals surface area contributed by atoms with Gasteiger partial charge in [0.05, 0.1) is 13.7 Å². The van der Waals surface area contributed by atoms with Crippen LogP contribution in [0.4, 0.5) is 10.5 Å². The lowest BCUT2D eigenvalue weighted by atomic mass is 10.0. The number of rotatable bonds is 3. The molecule has 0 aliphatic carbocycles. The van der Waals surface area contributed by atoms with Gasteiger partial charge < -0.3 is 19.9 Å². The number of likely N-dealkylation sites (tertiary alicyclic amines) is 1. The molecule has 3 heterocycles. The lowest BCUT2D eigenvalue weighted by Crippen LogP contribution is -2.40. The smallest absolute Gasteiger partial charge is 0.322 e. The van der Waals surface area contributed by atoms with Crippen molar-refractivity contribution in [3.05, 3.63) is 41.2 Å². The van der Waals surface area contributed by atoms with E-state index in [9.17, 15) is 9.59 Å². The minimum atomic E-state index is -0.191. The van der Waals surface area contributed by atoms with E-state index in [1.165, 1.54) is 6.42 Å². The van der Waals surface area contributed by atoms with Crippen LogP contribution in [0.2, 0.25) is 0 Å². The average molecular weight is 397 g/mol. The van der Waals surface area contributed by atoms with Crippen LogP contribution in [0.5, 0.6) is 5.75 Å².